The first-order valence-electron chi connectivity index (χ1n) is 6.04. The number of halogens is 1. The first-order chi connectivity index (χ1) is 8.83. The standard InChI is InChI=1S/C13H11ClN4/c14-12-8-4-3-7-9(8)17-18(12)13-15-10-5-1-2-6-11(10)16-13/h1-2,5-6H,3-4,7H2,(H,15,16). The molecule has 18 heavy (non-hydrogen) atoms. The first kappa shape index (κ1) is 10.1. The Balaban J connectivity index is 1.92. The average Bonchev–Trinajstić information content (AvgIpc) is 3.04. The Morgan fingerprint density at radius 2 is 2.11 bits per heavy atom. The van der Waals surface area contributed by atoms with E-state index in [4.69, 9.17) is 11.6 Å². The van der Waals surface area contributed by atoms with Gasteiger partial charge >= 0.3 is 0 Å². The zero-order chi connectivity index (χ0) is 12.1. The Morgan fingerprint density at radius 1 is 1.22 bits per heavy atom. The molecular formula is C13H11ClN4. The minimum Gasteiger partial charge on any atom is -0.322 e. The van der Waals surface area contributed by atoms with Gasteiger partial charge in [-0.15, -0.1) is 0 Å². The second kappa shape index (κ2) is 3.59. The molecule has 0 saturated carbocycles. The van der Waals surface area contributed by atoms with Gasteiger partial charge in [-0.3, -0.25) is 0 Å². The van der Waals surface area contributed by atoms with Crippen molar-refractivity contribution >= 4 is 22.6 Å². The number of aromatic nitrogens is 4. The molecule has 0 amide bonds. The largest absolute Gasteiger partial charge is 0.322 e. The van der Waals surface area contributed by atoms with Crippen molar-refractivity contribution in [1.29, 1.82) is 0 Å². The van der Waals surface area contributed by atoms with E-state index in [0.29, 0.717) is 11.1 Å². The smallest absolute Gasteiger partial charge is 0.230 e. The molecular weight excluding hydrogens is 248 g/mol. The fraction of sp³-hybridized carbons (Fsp3) is 0.231. The van der Waals surface area contributed by atoms with E-state index >= 15 is 0 Å². The number of rotatable bonds is 1. The molecule has 2 heterocycles. The SMILES string of the molecule is Clc1c2c(nn1-c1nc3ccccc3[nH]1)CCC2. The van der Waals surface area contributed by atoms with Crippen molar-refractivity contribution in [1.82, 2.24) is 19.7 Å². The highest BCUT2D eigenvalue weighted by Gasteiger charge is 2.22. The molecule has 1 N–H and O–H groups in total. The molecule has 0 unspecified atom stereocenters. The molecule has 1 aromatic carbocycles. The van der Waals surface area contributed by atoms with Gasteiger partial charge in [0.2, 0.25) is 5.95 Å². The molecule has 0 radical (unpaired) electrons. The van der Waals surface area contributed by atoms with Crippen molar-refractivity contribution < 1.29 is 0 Å². The molecule has 1 aliphatic carbocycles. The number of aryl methyl sites for hydroxylation is 1. The van der Waals surface area contributed by atoms with Gasteiger partial charge in [-0.1, -0.05) is 23.7 Å². The lowest BCUT2D eigenvalue weighted by Gasteiger charge is -1.98. The zero-order valence-corrected chi connectivity index (χ0v) is 10.4. The number of hydrogen-bond acceptors (Lipinski definition) is 2. The van der Waals surface area contributed by atoms with Crippen LogP contribution in [0.2, 0.25) is 5.15 Å². The lowest BCUT2D eigenvalue weighted by atomic mass is 10.3. The number of para-hydroxylation sites is 2. The second-order valence-electron chi connectivity index (χ2n) is 4.56. The molecule has 0 spiro atoms. The van der Waals surface area contributed by atoms with Gasteiger partial charge in [-0.25, -0.2) is 4.98 Å². The van der Waals surface area contributed by atoms with Gasteiger partial charge in [0.25, 0.3) is 0 Å². The van der Waals surface area contributed by atoms with Gasteiger partial charge in [-0.2, -0.15) is 9.78 Å². The number of H-pyrrole nitrogens is 1. The molecule has 5 heteroatoms. The van der Waals surface area contributed by atoms with Crippen LogP contribution in [0.15, 0.2) is 24.3 Å². The van der Waals surface area contributed by atoms with E-state index in [9.17, 15) is 0 Å². The van der Waals surface area contributed by atoms with Crippen LogP contribution in [0.3, 0.4) is 0 Å². The monoisotopic (exact) mass is 258 g/mol. The Kier molecular flexibility index (Phi) is 2.02. The van der Waals surface area contributed by atoms with Crippen LogP contribution < -0.4 is 0 Å². The fourth-order valence-corrected chi connectivity index (χ4v) is 2.85. The number of fused-ring (bicyclic) bond motifs is 2. The summed E-state index contributed by atoms with van der Waals surface area (Å²) < 4.78 is 1.71. The third-order valence-electron chi connectivity index (χ3n) is 3.42. The summed E-state index contributed by atoms with van der Waals surface area (Å²) in [5.74, 6) is 0.690. The Hall–Kier alpha value is -1.81. The van der Waals surface area contributed by atoms with E-state index in [0.717, 1.165) is 36.0 Å². The highest BCUT2D eigenvalue weighted by Crippen LogP contribution is 2.30. The van der Waals surface area contributed by atoms with Crippen LogP contribution >= 0.6 is 11.6 Å². The van der Waals surface area contributed by atoms with Gasteiger partial charge in [0.15, 0.2) is 0 Å². The van der Waals surface area contributed by atoms with Crippen molar-refractivity contribution in [3.8, 4) is 5.95 Å². The average molecular weight is 259 g/mol. The molecule has 0 aliphatic heterocycles. The number of aromatic amines is 1. The summed E-state index contributed by atoms with van der Waals surface area (Å²) in [6, 6.07) is 7.92. The van der Waals surface area contributed by atoms with Crippen LogP contribution in [0.25, 0.3) is 17.0 Å². The van der Waals surface area contributed by atoms with Crippen LogP contribution in [0, 0.1) is 0 Å². The summed E-state index contributed by atoms with van der Waals surface area (Å²) in [7, 11) is 0. The maximum absolute atomic E-state index is 6.37. The number of nitrogens with zero attached hydrogens (tertiary/aromatic N) is 3. The maximum atomic E-state index is 6.37. The number of imidazole rings is 1. The van der Waals surface area contributed by atoms with Crippen molar-refractivity contribution in [3.63, 3.8) is 0 Å². The summed E-state index contributed by atoms with van der Waals surface area (Å²) in [6.45, 7) is 0. The molecule has 0 bridgehead atoms. The molecule has 4 nitrogen and oxygen atoms in total. The fourth-order valence-electron chi connectivity index (χ4n) is 2.53. The summed E-state index contributed by atoms with van der Waals surface area (Å²) in [5.41, 5.74) is 4.22. The highest BCUT2D eigenvalue weighted by atomic mass is 35.5. The molecule has 0 saturated heterocycles. The number of benzene rings is 1. The van der Waals surface area contributed by atoms with E-state index in [1.54, 1.807) is 4.68 Å². The van der Waals surface area contributed by atoms with Crippen molar-refractivity contribution in [2.45, 2.75) is 19.3 Å². The summed E-state index contributed by atoms with van der Waals surface area (Å²) >= 11 is 6.37. The van der Waals surface area contributed by atoms with Crippen molar-refractivity contribution in [3.05, 3.63) is 40.7 Å². The Morgan fingerprint density at radius 3 is 2.94 bits per heavy atom. The van der Waals surface area contributed by atoms with Crippen LogP contribution in [-0.2, 0) is 12.8 Å². The molecule has 0 atom stereocenters. The second-order valence-corrected chi connectivity index (χ2v) is 4.92. The van der Waals surface area contributed by atoms with E-state index in [1.165, 1.54) is 5.56 Å². The summed E-state index contributed by atoms with van der Waals surface area (Å²) in [6.07, 6.45) is 3.19. The topological polar surface area (TPSA) is 46.5 Å². The third kappa shape index (κ3) is 1.32. The molecule has 0 fully saturated rings. The molecule has 2 aromatic heterocycles. The highest BCUT2D eigenvalue weighted by molar-refractivity contribution is 6.30. The Labute approximate surface area is 109 Å². The van der Waals surface area contributed by atoms with Crippen molar-refractivity contribution in [2.75, 3.05) is 0 Å². The number of hydrogen-bond donors (Lipinski definition) is 1. The van der Waals surface area contributed by atoms with E-state index in [2.05, 4.69) is 15.1 Å². The molecule has 4 rings (SSSR count). The number of nitrogens with one attached hydrogen (secondary N) is 1. The van der Waals surface area contributed by atoms with Crippen LogP contribution in [0.1, 0.15) is 17.7 Å². The van der Waals surface area contributed by atoms with Crippen LogP contribution in [-0.4, -0.2) is 19.7 Å². The van der Waals surface area contributed by atoms with Gasteiger partial charge in [0.1, 0.15) is 5.15 Å². The molecule has 3 aromatic rings. The van der Waals surface area contributed by atoms with Crippen LogP contribution in [0.4, 0.5) is 0 Å². The maximum Gasteiger partial charge on any atom is 0.230 e. The predicted octanol–water partition coefficient (Wildman–Crippen LogP) is 2.89. The van der Waals surface area contributed by atoms with E-state index < -0.39 is 0 Å². The zero-order valence-electron chi connectivity index (χ0n) is 9.65. The first-order valence-corrected chi connectivity index (χ1v) is 6.42. The van der Waals surface area contributed by atoms with Crippen LogP contribution in [0.5, 0.6) is 0 Å². The predicted molar refractivity (Wildman–Crippen MR) is 70.3 cm³/mol. The third-order valence-corrected chi connectivity index (χ3v) is 3.81. The van der Waals surface area contributed by atoms with Gasteiger partial charge in [0, 0.05) is 5.56 Å². The lowest BCUT2D eigenvalue weighted by molar-refractivity contribution is 0.775. The Bertz CT molecular complexity index is 708. The van der Waals surface area contributed by atoms with Gasteiger partial charge in [-0.05, 0) is 31.4 Å². The quantitative estimate of drug-likeness (QED) is 0.730. The molecule has 1 aliphatic rings. The van der Waals surface area contributed by atoms with Gasteiger partial charge in [0.05, 0.1) is 16.7 Å². The summed E-state index contributed by atoms with van der Waals surface area (Å²) in [4.78, 5) is 7.76. The molecule has 90 valence electrons. The van der Waals surface area contributed by atoms with E-state index in [-0.39, 0.29) is 0 Å². The minimum atomic E-state index is 0.690. The van der Waals surface area contributed by atoms with E-state index in [1.807, 2.05) is 24.3 Å². The minimum absolute atomic E-state index is 0.690. The van der Waals surface area contributed by atoms with Gasteiger partial charge < -0.3 is 4.98 Å². The van der Waals surface area contributed by atoms with Crippen molar-refractivity contribution in [2.24, 2.45) is 0 Å². The normalized spacial score (nSPS) is 14.3. The lowest BCUT2D eigenvalue weighted by Crippen LogP contribution is -2.00. The summed E-state index contributed by atoms with van der Waals surface area (Å²) in [5, 5.41) is 5.24.